The van der Waals surface area contributed by atoms with Gasteiger partial charge in [-0.3, -0.25) is 4.79 Å². The van der Waals surface area contributed by atoms with Gasteiger partial charge in [0.1, 0.15) is 6.10 Å². The normalized spacial score (nSPS) is 27.9. The molecule has 4 rings (SSSR count). The van der Waals surface area contributed by atoms with Crippen LogP contribution in [0.2, 0.25) is 0 Å². The van der Waals surface area contributed by atoms with Crippen molar-refractivity contribution in [3.05, 3.63) is 23.3 Å². The van der Waals surface area contributed by atoms with Gasteiger partial charge in [-0.15, -0.1) is 0 Å². The highest BCUT2D eigenvalue weighted by atomic mass is 16.5. The number of aromatic nitrogens is 2. The minimum Gasteiger partial charge on any atom is -0.368 e. The first-order valence-electron chi connectivity index (χ1n) is 8.30. The second-order valence-corrected chi connectivity index (χ2v) is 6.32. The van der Waals surface area contributed by atoms with Gasteiger partial charge in [0.05, 0.1) is 6.04 Å². The highest BCUT2D eigenvalue weighted by Gasteiger charge is 2.37. The van der Waals surface area contributed by atoms with E-state index < -0.39 is 0 Å². The van der Waals surface area contributed by atoms with E-state index in [2.05, 4.69) is 10.3 Å². The van der Waals surface area contributed by atoms with Gasteiger partial charge in [-0.2, -0.15) is 0 Å². The average molecular weight is 302 g/mol. The molecule has 3 aliphatic rings. The van der Waals surface area contributed by atoms with Crippen LogP contribution in [0.1, 0.15) is 48.8 Å². The molecule has 0 bridgehead atoms. The molecule has 4 heterocycles. The highest BCUT2D eigenvalue weighted by molar-refractivity contribution is 5.81. The number of rotatable bonds is 2. The number of ether oxygens (including phenoxy) is 1. The Morgan fingerprint density at radius 2 is 2.32 bits per heavy atom. The summed E-state index contributed by atoms with van der Waals surface area (Å²) in [5.74, 6) is 0.937. The van der Waals surface area contributed by atoms with E-state index in [0.717, 1.165) is 63.3 Å². The van der Waals surface area contributed by atoms with Gasteiger partial charge >= 0.3 is 0 Å². The van der Waals surface area contributed by atoms with Crippen LogP contribution in [0.15, 0.2) is 6.20 Å². The highest BCUT2D eigenvalue weighted by Crippen LogP contribution is 2.32. The molecule has 6 nitrogen and oxygen atoms in total. The minimum absolute atomic E-state index is 0.0249. The van der Waals surface area contributed by atoms with Gasteiger partial charge in [-0.05, 0) is 25.7 Å². The summed E-state index contributed by atoms with van der Waals surface area (Å²) in [4.78, 5) is 23.9. The zero-order valence-corrected chi connectivity index (χ0v) is 12.8. The fraction of sp³-hybridized carbons (Fsp3) is 0.688. The minimum atomic E-state index is -0.248. The van der Waals surface area contributed by atoms with Crippen molar-refractivity contribution >= 4 is 5.91 Å². The van der Waals surface area contributed by atoms with Crippen molar-refractivity contribution in [2.45, 2.75) is 50.8 Å². The van der Waals surface area contributed by atoms with Gasteiger partial charge in [0, 0.05) is 50.1 Å². The molecule has 1 aromatic rings. The molecule has 1 amide bonds. The summed E-state index contributed by atoms with van der Waals surface area (Å²) in [5.41, 5.74) is 2.32. The van der Waals surface area contributed by atoms with E-state index in [1.165, 1.54) is 5.56 Å². The standard InChI is InChI=1S/C16H22N4O2/c21-16(14-4-2-8-22-14)20-7-1-3-13(20)15-18-10-11-9-17-6-5-12(11)19-15/h10,13-14,17H,1-9H2/t13-,14+/m0/s1. The second kappa shape index (κ2) is 5.93. The van der Waals surface area contributed by atoms with E-state index in [-0.39, 0.29) is 18.1 Å². The van der Waals surface area contributed by atoms with Gasteiger partial charge in [0.15, 0.2) is 5.82 Å². The van der Waals surface area contributed by atoms with Gasteiger partial charge in [0.2, 0.25) is 0 Å². The molecule has 0 aliphatic carbocycles. The molecule has 0 saturated carbocycles. The molecule has 2 saturated heterocycles. The molecule has 3 aliphatic heterocycles. The van der Waals surface area contributed by atoms with E-state index in [9.17, 15) is 4.79 Å². The lowest BCUT2D eigenvalue weighted by molar-refractivity contribution is -0.142. The zero-order valence-electron chi connectivity index (χ0n) is 12.8. The summed E-state index contributed by atoms with van der Waals surface area (Å²) in [6.45, 7) is 3.31. The number of carbonyl (C=O) groups is 1. The van der Waals surface area contributed by atoms with Crippen molar-refractivity contribution in [1.82, 2.24) is 20.2 Å². The van der Waals surface area contributed by atoms with E-state index >= 15 is 0 Å². The molecule has 0 spiro atoms. The lowest BCUT2D eigenvalue weighted by Gasteiger charge is -2.27. The van der Waals surface area contributed by atoms with Crippen molar-refractivity contribution in [2.24, 2.45) is 0 Å². The molecule has 0 aromatic carbocycles. The molecule has 0 unspecified atom stereocenters. The smallest absolute Gasteiger partial charge is 0.252 e. The van der Waals surface area contributed by atoms with Crippen molar-refractivity contribution < 1.29 is 9.53 Å². The first kappa shape index (κ1) is 14.1. The third-order valence-electron chi connectivity index (χ3n) is 4.87. The Balaban J connectivity index is 1.56. The maximum absolute atomic E-state index is 12.7. The quantitative estimate of drug-likeness (QED) is 0.881. The molecule has 1 N–H and O–H groups in total. The number of nitrogens with zero attached hydrogens (tertiary/aromatic N) is 3. The largest absolute Gasteiger partial charge is 0.368 e. The van der Waals surface area contributed by atoms with Crippen LogP contribution in [0.5, 0.6) is 0 Å². The topological polar surface area (TPSA) is 67.3 Å². The van der Waals surface area contributed by atoms with Crippen LogP contribution in [0.4, 0.5) is 0 Å². The van der Waals surface area contributed by atoms with Gasteiger partial charge in [0.25, 0.3) is 5.91 Å². The van der Waals surface area contributed by atoms with Crippen LogP contribution in [0, 0.1) is 0 Å². The first-order valence-corrected chi connectivity index (χ1v) is 8.30. The van der Waals surface area contributed by atoms with Crippen molar-refractivity contribution in [3.63, 3.8) is 0 Å². The third-order valence-corrected chi connectivity index (χ3v) is 4.87. The Bertz CT molecular complexity index is 571. The van der Waals surface area contributed by atoms with E-state index in [4.69, 9.17) is 9.72 Å². The van der Waals surface area contributed by atoms with Crippen LogP contribution >= 0.6 is 0 Å². The summed E-state index contributed by atoms with van der Waals surface area (Å²) in [6, 6.07) is 0.0249. The lowest BCUT2D eigenvalue weighted by atomic mass is 10.1. The monoisotopic (exact) mass is 302 g/mol. The summed E-state index contributed by atoms with van der Waals surface area (Å²) in [6.07, 6.45) is 6.42. The van der Waals surface area contributed by atoms with Gasteiger partial charge in [-0.1, -0.05) is 0 Å². The van der Waals surface area contributed by atoms with Gasteiger partial charge < -0.3 is 15.0 Å². The predicted octanol–water partition coefficient (Wildman–Crippen LogP) is 0.965. The number of hydrogen-bond donors (Lipinski definition) is 1. The predicted molar refractivity (Wildman–Crippen MR) is 80.1 cm³/mol. The van der Waals surface area contributed by atoms with Gasteiger partial charge in [-0.25, -0.2) is 9.97 Å². The maximum atomic E-state index is 12.7. The van der Waals surface area contributed by atoms with Crippen molar-refractivity contribution in [3.8, 4) is 0 Å². The molecule has 1 aromatic heterocycles. The van der Waals surface area contributed by atoms with Crippen LogP contribution in [0.25, 0.3) is 0 Å². The van der Waals surface area contributed by atoms with Crippen LogP contribution in [-0.4, -0.2) is 46.6 Å². The average Bonchev–Trinajstić information content (AvgIpc) is 3.25. The van der Waals surface area contributed by atoms with Crippen molar-refractivity contribution in [2.75, 3.05) is 19.7 Å². The molecular weight excluding hydrogens is 280 g/mol. The Hall–Kier alpha value is -1.53. The lowest BCUT2D eigenvalue weighted by Crippen LogP contribution is -2.39. The number of likely N-dealkylation sites (tertiary alicyclic amines) is 1. The van der Waals surface area contributed by atoms with Crippen LogP contribution in [-0.2, 0) is 22.5 Å². The van der Waals surface area contributed by atoms with E-state index in [1.54, 1.807) is 0 Å². The molecule has 22 heavy (non-hydrogen) atoms. The molecule has 6 heteroatoms. The molecular formula is C16H22N4O2. The first-order chi connectivity index (χ1) is 10.8. The van der Waals surface area contributed by atoms with E-state index in [0.29, 0.717) is 6.61 Å². The maximum Gasteiger partial charge on any atom is 0.252 e. The fourth-order valence-corrected chi connectivity index (χ4v) is 3.67. The number of nitrogens with one attached hydrogen (secondary N) is 1. The number of hydrogen-bond acceptors (Lipinski definition) is 5. The number of carbonyl (C=O) groups excluding carboxylic acids is 1. The third kappa shape index (κ3) is 2.50. The summed E-state index contributed by atoms with van der Waals surface area (Å²) in [5, 5.41) is 3.33. The second-order valence-electron chi connectivity index (χ2n) is 6.32. The molecule has 2 atom stereocenters. The summed E-state index contributed by atoms with van der Waals surface area (Å²) < 4.78 is 5.56. The number of fused-ring (bicyclic) bond motifs is 1. The Morgan fingerprint density at radius 1 is 1.36 bits per heavy atom. The van der Waals surface area contributed by atoms with Crippen LogP contribution < -0.4 is 5.32 Å². The Kier molecular flexibility index (Phi) is 3.80. The van der Waals surface area contributed by atoms with Crippen molar-refractivity contribution in [1.29, 1.82) is 0 Å². The molecule has 118 valence electrons. The SMILES string of the molecule is O=C([C@H]1CCCO1)N1CCC[C@H]1c1ncc2c(n1)CCNC2. The summed E-state index contributed by atoms with van der Waals surface area (Å²) in [7, 11) is 0. The number of amides is 1. The van der Waals surface area contributed by atoms with E-state index in [1.807, 2.05) is 11.1 Å². The Labute approximate surface area is 130 Å². The zero-order chi connectivity index (χ0) is 14.9. The Morgan fingerprint density at radius 3 is 3.18 bits per heavy atom. The van der Waals surface area contributed by atoms with Crippen LogP contribution in [0.3, 0.4) is 0 Å². The molecule has 2 fully saturated rings. The summed E-state index contributed by atoms with van der Waals surface area (Å²) >= 11 is 0. The fourth-order valence-electron chi connectivity index (χ4n) is 3.67. The molecule has 0 radical (unpaired) electrons.